The first-order chi connectivity index (χ1) is 13.0. The van der Waals surface area contributed by atoms with Gasteiger partial charge in [-0.25, -0.2) is 4.68 Å². The third kappa shape index (κ3) is 4.11. The van der Waals surface area contributed by atoms with Crippen LogP contribution >= 0.6 is 0 Å². The number of phenols is 1. The standard InChI is InChI=1S/C21H23N3O3/c1-15-18(16(2)24(22-15)17-9-5-4-6-10-17)13-23(3)21(26)14-27-20-12-8-7-11-19(20)25/h4-12,25H,13-14H2,1-3H3. The van der Waals surface area contributed by atoms with Crippen molar-refractivity contribution in [3.05, 3.63) is 71.5 Å². The van der Waals surface area contributed by atoms with Crippen molar-refractivity contribution in [1.82, 2.24) is 14.7 Å². The summed E-state index contributed by atoms with van der Waals surface area (Å²) >= 11 is 0. The molecular formula is C21H23N3O3. The molecule has 0 aliphatic rings. The molecule has 6 nitrogen and oxygen atoms in total. The van der Waals surface area contributed by atoms with Crippen molar-refractivity contribution in [3.63, 3.8) is 0 Å². The van der Waals surface area contributed by atoms with Crippen molar-refractivity contribution in [3.8, 4) is 17.2 Å². The van der Waals surface area contributed by atoms with E-state index >= 15 is 0 Å². The molecule has 0 saturated carbocycles. The summed E-state index contributed by atoms with van der Waals surface area (Å²) < 4.78 is 7.32. The quantitative estimate of drug-likeness (QED) is 0.728. The monoisotopic (exact) mass is 365 g/mol. The van der Waals surface area contributed by atoms with Crippen LogP contribution in [0.15, 0.2) is 54.6 Å². The van der Waals surface area contributed by atoms with Crippen molar-refractivity contribution in [2.45, 2.75) is 20.4 Å². The number of nitrogens with zero attached hydrogens (tertiary/aromatic N) is 3. The number of rotatable bonds is 6. The van der Waals surface area contributed by atoms with Gasteiger partial charge in [-0.05, 0) is 38.1 Å². The molecule has 27 heavy (non-hydrogen) atoms. The van der Waals surface area contributed by atoms with Gasteiger partial charge < -0.3 is 14.7 Å². The lowest BCUT2D eigenvalue weighted by Gasteiger charge is -2.18. The molecule has 0 bridgehead atoms. The highest BCUT2D eigenvalue weighted by Gasteiger charge is 2.18. The van der Waals surface area contributed by atoms with Gasteiger partial charge in [0.15, 0.2) is 18.1 Å². The lowest BCUT2D eigenvalue weighted by atomic mass is 10.2. The molecule has 140 valence electrons. The van der Waals surface area contributed by atoms with Crippen LogP contribution in [-0.2, 0) is 11.3 Å². The van der Waals surface area contributed by atoms with E-state index in [4.69, 9.17) is 4.74 Å². The Kier molecular flexibility index (Phi) is 5.45. The first-order valence-corrected chi connectivity index (χ1v) is 8.72. The van der Waals surface area contributed by atoms with E-state index in [0.29, 0.717) is 12.3 Å². The van der Waals surface area contributed by atoms with Crippen LogP contribution in [0.5, 0.6) is 11.5 Å². The van der Waals surface area contributed by atoms with Crippen LogP contribution in [0.3, 0.4) is 0 Å². The first-order valence-electron chi connectivity index (χ1n) is 8.72. The van der Waals surface area contributed by atoms with E-state index in [0.717, 1.165) is 22.6 Å². The van der Waals surface area contributed by atoms with E-state index in [1.165, 1.54) is 6.07 Å². The fraction of sp³-hybridized carbons (Fsp3) is 0.238. The zero-order chi connectivity index (χ0) is 19.4. The molecule has 3 aromatic rings. The molecule has 0 aliphatic carbocycles. The molecule has 0 spiro atoms. The second kappa shape index (κ2) is 7.95. The van der Waals surface area contributed by atoms with Crippen LogP contribution < -0.4 is 4.74 Å². The van der Waals surface area contributed by atoms with E-state index < -0.39 is 0 Å². The molecule has 0 saturated heterocycles. The number of hydrogen-bond acceptors (Lipinski definition) is 4. The van der Waals surface area contributed by atoms with Crippen LogP contribution in [0.1, 0.15) is 17.0 Å². The zero-order valence-corrected chi connectivity index (χ0v) is 15.7. The summed E-state index contributed by atoms with van der Waals surface area (Å²) in [5.41, 5.74) is 3.89. The number of carbonyl (C=O) groups is 1. The number of ether oxygens (including phenoxy) is 1. The van der Waals surface area contributed by atoms with E-state index in [2.05, 4.69) is 5.10 Å². The fourth-order valence-corrected chi connectivity index (χ4v) is 2.88. The summed E-state index contributed by atoms with van der Waals surface area (Å²) in [7, 11) is 1.73. The van der Waals surface area contributed by atoms with E-state index in [9.17, 15) is 9.90 Å². The molecule has 2 aromatic carbocycles. The third-order valence-corrected chi connectivity index (χ3v) is 4.48. The van der Waals surface area contributed by atoms with Crippen LogP contribution in [0.25, 0.3) is 5.69 Å². The Morgan fingerprint density at radius 2 is 1.78 bits per heavy atom. The average Bonchev–Trinajstić information content (AvgIpc) is 2.96. The molecule has 0 fully saturated rings. The Morgan fingerprint density at radius 3 is 2.48 bits per heavy atom. The molecule has 0 aliphatic heterocycles. The summed E-state index contributed by atoms with van der Waals surface area (Å²) in [6.45, 7) is 4.24. The number of aromatic nitrogens is 2. The summed E-state index contributed by atoms with van der Waals surface area (Å²) in [6, 6.07) is 16.5. The summed E-state index contributed by atoms with van der Waals surface area (Å²) in [5.74, 6) is 0.136. The predicted octanol–water partition coefficient (Wildman–Crippen LogP) is 3.23. The van der Waals surface area contributed by atoms with E-state index in [1.54, 1.807) is 30.1 Å². The maximum absolute atomic E-state index is 12.4. The number of benzene rings is 2. The lowest BCUT2D eigenvalue weighted by molar-refractivity contribution is -0.132. The van der Waals surface area contributed by atoms with Gasteiger partial charge in [0.25, 0.3) is 5.91 Å². The van der Waals surface area contributed by atoms with Crippen LogP contribution in [-0.4, -0.2) is 39.3 Å². The van der Waals surface area contributed by atoms with E-state index in [-0.39, 0.29) is 18.3 Å². The third-order valence-electron chi connectivity index (χ3n) is 4.48. The molecule has 0 radical (unpaired) electrons. The van der Waals surface area contributed by atoms with Gasteiger partial charge in [0.1, 0.15) is 0 Å². The molecule has 3 rings (SSSR count). The van der Waals surface area contributed by atoms with Gasteiger partial charge in [-0.15, -0.1) is 0 Å². The Labute approximate surface area is 158 Å². The van der Waals surface area contributed by atoms with Gasteiger partial charge in [-0.3, -0.25) is 4.79 Å². The van der Waals surface area contributed by atoms with Crippen molar-refractivity contribution in [2.24, 2.45) is 0 Å². The number of aromatic hydroxyl groups is 1. The predicted molar refractivity (Wildman–Crippen MR) is 103 cm³/mol. The van der Waals surface area contributed by atoms with Gasteiger partial charge in [-0.2, -0.15) is 5.10 Å². The molecule has 1 aromatic heterocycles. The van der Waals surface area contributed by atoms with E-state index in [1.807, 2.05) is 48.9 Å². The zero-order valence-electron chi connectivity index (χ0n) is 15.7. The maximum atomic E-state index is 12.4. The number of para-hydroxylation sites is 3. The largest absolute Gasteiger partial charge is 0.504 e. The van der Waals surface area contributed by atoms with Crippen LogP contribution in [0, 0.1) is 13.8 Å². The highest BCUT2D eigenvalue weighted by molar-refractivity contribution is 5.77. The van der Waals surface area contributed by atoms with Gasteiger partial charge in [-0.1, -0.05) is 30.3 Å². The van der Waals surface area contributed by atoms with Gasteiger partial charge in [0, 0.05) is 24.8 Å². The number of likely N-dealkylation sites (N-methyl/N-ethyl adjacent to an activating group) is 1. The topological polar surface area (TPSA) is 67.6 Å². The molecule has 0 unspecified atom stereocenters. The lowest BCUT2D eigenvalue weighted by Crippen LogP contribution is -2.31. The average molecular weight is 365 g/mol. The van der Waals surface area contributed by atoms with Crippen LogP contribution in [0.4, 0.5) is 0 Å². The highest BCUT2D eigenvalue weighted by atomic mass is 16.5. The second-order valence-corrected chi connectivity index (χ2v) is 6.40. The Morgan fingerprint density at radius 1 is 1.11 bits per heavy atom. The fourth-order valence-electron chi connectivity index (χ4n) is 2.88. The maximum Gasteiger partial charge on any atom is 0.260 e. The summed E-state index contributed by atoms with van der Waals surface area (Å²) in [4.78, 5) is 14.0. The Hall–Kier alpha value is -3.28. The molecule has 6 heteroatoms. The van der Waals surface area contributed by atoms with Gasteiger partial charge >= 0.3 is 0 Å². The van der Waals surface area contributed by atoms with Gasteiger partial charge in [0.05, 0.1) is 11.4 Å². The van der Waals surface area contributed by atoms with Crippen LogP contribution in [0.2, 0.25) is 0 Å². The van der Waals surface area contributed by atoms with Crippen molar-refractivity contribution >= 4 is 5.91 Å². The highest BCUT2D eigenvalue weighted by Crippen LogP contribution is 2.24. The minimum Gasteiger partial charge on any atom is -0.504 e. The summed E-state index contributed by atoms with van der Waals surface area (Å²) in [6.07, 6.45) is 0. The minimum absolute atomic E-state index is 0.0174. The number of hydrogen-bond donors (Lipinski definition) is 1. The summed E-state index contributed by atoms with van der Waals surface area (Å²) in [5, 5.41) is 14.3. The normalized spacial score (nSPS) is 10.6. The van der Waals surface area contributed by atoms with Gasteiger partial charge in [0.2, 0.25) is 0 Å². The van der Waals surface area contributed by atoms with Crippen molar-refractivity contribution < 1.29 is 14.6 Å². The smallest absolute Gasteiger partial charge is 0.260 e. The molecule has 0 atom stereocenters. The second-order valence-electron chi connectivity index (χ2n) is 6.40. The molecule has 1 heterocycles. The molecular weight excluding hydrogens is 342 g/mol. The first kappa shape index (κ1) is 18.5. The Balaban J connectivity index is 1.69. The number of amides is 1. The Bertz CT molecular complexity index is 935. The number of carbonyl (C=O) groups excluding carboxylic acids is 1. The SMILES string of the molecule is Cc1nn(-c2ccccc2)c(C)c1CN(C)C(=O)COc1ccccc1O. The number of aryl methyl sites for hydroxylation is 1. The number of phenolic OH excluding ortho intramolecular Hbond substituents is 1. The molecule has 1 amide bonds. The minimum atomic E-state index is -0.176. The molecule has 1 N–H and O–H groups in total. The van der Waals surface area contributed by atoms with Crippen molar-refractivity contribution in [1.29, 1.82) is 0 Å². The van der Waals surface area contributed by atoms with Crippen molar-refractivity contribution in [2.75, 3.05) is 13.7 Å².